The van der Waals surface area contributed by atoms with Crippen LogP contribution in [-0.4, -0.2) is 11.4 Å². The summed E-state index contributed by atoms with van der Waals surface area (Å²) in [6.45, 7) is 6.77. The van der Waals surface area contributed by atoms with Gasteiger partial charge >= 0.3 is 0 Å². The van der Waals surface area contributed by atoms with Crippen LogP contribution in [0.3, 0.4) is 0 Å². The quantitative estimate of drug-likeness (QED) is 0.531. The Morgan fingerprint density at radius 3 is 2.41 bits per heavy atom. The summed E-state index contributed by atoms with van der Waals surface area (Å²) in [6.07, 6.45) is 11.3. The van der Waals surface area contributed by atoms with Crippen LogP contribution in [0, 0.1) is 5.92 Å². The molecule has 0 aromatic heterocycles. The second kappa shape index (κ2) is 8.43. The minimum absolute atomic E-state index is 0.630. The molecule has 1 atom stereocenters. The fraction of sp³-hybridized carbons (Fsp3) is 0.867. The smallest absolute Gasteiger partial charge is 0.0437 e. The molecule has 1 rings (SSSR count). The first-order valence-electron chi connectivity index (χ1n) is 7.40. The van der Waals surface area contributed by atoms with Gasteiger partial charge in [0.15, 0.2) is 0 Å². The van der Waals surface area contributed by atoms with Crippen molar-refractivity contribution in [2.45, 2.75) is 78.6 Å². The molecule has 1 unspecified atom stereocenters. The van der Waals surface area contributed by atoms with Gasteiger partial charge in [-0.25, -0.2) is 0 Å². The van der Waals surface area contributed by atoms with Gasteiger partial charge in [0.1, 0.15) is 0 Å². The first-order chi connectivity index (χ1) is 8.27. The Hall–Kier alpha value is -0.660. The first kappa shape index (κ1) is 14.4. The second-order valence-electron chi connectivity index (χ2n) is 5.26. The average molecular weight is 236 g/mol. The van der Waals surface area contributed by atoms with E-state index in [1.807, 2.05) is 0 Å². The Morgan fingerprint density at radius 2 is 1.82 bits per heavy atom. The highest BCUT2D eigenvalue weighted by Gasteiger charge is 2.14. The monoisotopic (exact) mass is 236 g/mol. The van der Waals surface area contributed by atoms with Crippen LogP contribution < -0.4 is 0 Å². The second-order valence-corrected chi connectivity index (χ2v) is 5.26. The van der Waals surface area contributed by atoms with E-state index in [4.69, 9.17) is 0 Å². The number of hydrogen-bond acceptors (Lipinski definition) is 2. The van der Waals surface area contributed by atoms with Gasteiger partial charge in [-0.2, -0.15) is 10.2 Å². The molecular weight excluding hydrogens is 208 g/mol. The van der Waals surface area contributed by atoms with E-state index >= 15 is 0 Å². The molecule has 0 saturated heterocycles. The van der Waals surface area contributed by atoms with Crippen LogP contribution in [0.2, 0.25) is 0 Å². The lowest BCUT2D eigenvalue weighted by atomic mass is 9.94. The van der Waals surface area contributed by atoms with Crippen molar-refractivity contribution in [3.63, 3.8) is 0 Å². The zero-order valence-corrected chi connectivity index (χ0v) is 11.8. The molecule has 17 heavy (non-hydrogen) atoms. The molecule has 1 heterocycles. The summed E-state index contributed by atoms with van der Waals surface area (Å²) in [7, 11) is 0. The summed E-state index contributed by atoms with van der Waals surface area (Å²) in [4.78, 5) is 0. The van der Waals surface area contributed by atoms with Crippen LogP contribution in [0.15, 0.2) is 10.2 Å². The van der Waals surface area contributed by atoms with Crippen molar-refractivity contribution >= 4 is 11.4 Å². The van der Waals surface area contributed by atoms with Crippen molar-refractivity contribution in [1.29, 1.82) is 0 Å². The number of rotatable bonds is 8. The van der Waals surface area contributed by atoms with E-state index in [2.05, 4.69) is 31.0 Å². The Labute approximate surface area is 107 Å². The molecule has 1 aliphatic rings. The van der Waals surface area contributed by atoms with Crippen molar-refractivity contribution in [3.05, 3.63) is 0 Å². The molecule has 98 valence electrons. The van der Waals surface area contributed by atoms with Gasteiger partial charge in [0.2, 0.25) is 0 Å². The SMILES string of the molecule is CCCCCCC1=NN=C(C(C)CCC)CC1. The predicted molar refractivity (Wildman–Crippen MR) is 76.9 cm³/mol. The summed E-state index contributed by atoms with van der Waals surface area (Å²) < 4.78 is 0. The highest BCUT2D eigenvalue weighted by atomic mass is 15.2. The molecule has 0 fully saturated rings. The highest BCUT2D eigenvalue weighted by molar-refractivity contribution is 5.95. The topological polar surface area (TPSA) is 24.7 Å². The zero-order chi connectivity index (χ0) is 12.5. The summed E-state index contributed by atoms with van der Waals surface area (Å²) in [6, 6.07) is 0. The van der Waals surface area contributed by atoms with E-state index in [0.29, 0.717) is 5.92 Å². The lowest BCUT2D eigenvalue weighted by Crippen LogP contribution is -2.16. The van der Waals surface area contributed by atoms with Gasteiger partial charge in [0.05, 0.1) is 0 Å². The van der Waals surface area contributed by atoms with Crippen LogP contribution >= 0.6 is 0 Å². The van der Waals surface area contributed by atoms with Gasteiger partial charge < -0.3 is 0 Å². The standard InChI is InChI=1S/C15H28N2/c1-4-6-7-8-10-14-11-12-15(17-16-14)13(3)9-5-2/h13H,4-12H2,1-3H3. The van der Waals surface area contributed by atoms with Gasteiger partial charge in [-0.15, -0.1) is 0 Å². The summed E-state index contributed by atoms with van der Waals surface area (Å²) in [5.74, 6) is 0.630. The van der Waals surface area contributed by atoms with E-state index < -0.39 is 0 Å². The van der Waals surface area contributed by atoms with E-state index in [9.17, 15) is 0 Å². The third-order valence-electron chi connectivity index (χ3n) is 3.60. The van der Waals surface area contributed by atoms with Crippen LogP contribution in [0.5, 0.6) is 0 Å². The average Bonchev–Trinajstić information content (AvgIpc) is 2.36. The molecule has 1 aliphatic heterocycles. The Kier molecular flexibility index (Phi) is 7.14. The maximum absolute atomic E-state index is 4.43. The van der Waals surface area contributed by atoms with Gasteiger partial charge in [0, 0.05) is 11.4 Å². The molecule has 2 nitrogen and oxygen atoms in total. The lowest BCUT2D eigenvalue weighted by molar-refractivity contribution is 0.646. The largest absolute Gasteiger partial charge is 0.160 e. The molecule has 0 bridgehead atoms. The van der Waals surface area contributed by atoms with E-state index in [1.165, 1.54) is 56.4 Å². The van der Waals surface area contributed by atoms with Crippen molar-refractivity contribution in [2.24, 2.45) is 16.1 Å². The molecule has 0 amide bonds. The van der Waals surface area contributed by atoms with E-state index in [0.717, 1.165) is 12.8 Å². The van der Waals surface area contributed by atoms with Gasteiger partial charge in [-0.1, -0.05) is 46.5 Å². The molecule has 0 aromatic rings. The van der Waals surface area contributed by atoms with Crippen LogP contribution in [0.25, 0.3) is 0 Å². The number of unbranched alkanes of at least 4 members (excludes halogenated alkanes) is 3. The van der Waals surface area contributed by atoms with Crippen molar-refractivity contribution in [3.8, 4) is 0 Å². The van der Waals surface area contributed by atoms with Gasteiger partial charge in [-0.05, 0) is 38.0 Å². The van der Waals surface area contributed by atoms with E-state index in [-0.39, 0.29) is 0 Å². The first-order valence-corrected chi connectivity index (χ1v) is 7.40. The van der Waals surface area contributed by atoms with Crippen LogP contribution in [0.1, 0.15) is 78.6 Å². The lowest BCUT2D eigenvalue weighted by Gasteiger charge is -2.17. The fourth-order valence-corrected chi connectivity index (χ4v) is 2.38. The maximum atomic E-state index is 4.43. The Balaban J connectivity index is 2.31. The van der Waals surface area contributed by atoms with Crippen LogP contribution in [-0.2, 0) is 0 Å². The molecule has 0 saturated carbocycles. The fourth-order valence-electron chi connectivity index (χ4n) is 2.38. The maximum Gasteiger partial charge on any atom is 0.0437 e. The molecule has 0 radical (unpaired) electrons. The minimum atomic E-state index is 0.630. The summed E-state index contributed by atoms with van der Waals surface area (Å²) in [5.41, 5.74) is 2.65. The van der Waals surface area contributed by atoms with Crippen molar-refractivity contribution in [1.82, 2.24) is 0 Å². The third-order valence-corrected chi connectivity index (χ3v) is 3.60. The molecule has 0 N–H and O–H groups in total. The molecule has 0 spiro atoms. The molecule has 0 aromatic carbocycles. The Morgan fingerprint density at radius 1 is 1.00 bits per heavy atom. The molecule has 2 heteroatoms. The predicted octanol–water partition coefficient (Wildman–Crippen LogP) is 4.98. The summed E-state index contributed by atoms with van der Waals surface area (Å²) in [5, 5.41) is 8.85. The van der Waals surface area contributed by atoms with Crippen LogP contribution in [0.4, 0.5) is 0 Å². The van der Waals surface area contributed by atoms with Crippen molar-refractivity contribution < 1.29 is 0 Å². The van der Waals surface area contributed by atoms with Crippen molar-refractivity contribution in [2.75, 3.05) is 0 Å². The third kappa shape index (κ3) is 5.47. The summed E-state index contributed by atoms with van der Waals surface area (Å²) >= 11 is 0. The molecular formula is C15H28N2. The minimum Gasteiger partial charge on any atom is -0.160 e. The number of hydrogen-bond donors (Lipinski definition) is 0. The van der Waals surface area contributed by atoms with Gasteiger partial charge in [-0.3, -0.25) is 0 Å². The van der Waals surface area contributed by atoms with E-state index in [1.54, 1.807) is 0 Å². The highest BCUT2D eigenvalue weighted by Crippen LogP contribution is 2.18. The molecule has 0 aliphatic carbocycles. The Bertz CT molecular complexity index is 266. The van der Waals surface area contributed by atoms with Gasteiger partial charge in [0.25, 0.3) is 0 Å². The normalized spacial score (nSPS) is 17.6. The number of nitrogens with zero attached hydrogens (tertiary/aromatic N) is 2. The zero-order valence-electron chi connectivity index (χ0n) is 11.8.